The van der Waals surface area contributed by atoms with Crippen molar-refractivity contribution in [1.29, 1.82) is 0 Å². The number of alkyl carbamates (subject to hydrolysis) is 2. The Hall–Kier alpha value is -5.71. The average molecular weight is 959 g/mol. The molecule has 0 aliphatic carbocycles. The fraction of sp³-hybridized carbons (Fsp3) is 0.635. The van der Waals surface area contributed by atoms with Gasteiger partial charge in [-0.15, -0.1) is 0 Å². The minimum absolute atomic E-state index is 0.0107. The Labute approximate surface area is 408 Å². The van der Waals surface area contributed by atoms with Crippen molar-refractivity contribution >= 4 is 41.7 Å². The van der Waals surface area contributed by atoms with Gasteiger partial charge in [0.05, 0.1) is 6.04 Å². The molecule has 0 bridgehead atoms. The quantitative estimate of drug-likeness (QED) is 0.106. The number of nitrogens with zero attached hydrogens (tertiary/aromatic N) is 2. The smallest absolute Gasteiger partial charge is 0.408 e. The van der Waals surface area contributed by atoms with Crippen molar-refractivity contribution in [3.8, 4) is 0 Å². The van der Waals surface area contributed by atoms with Crippen molar-refractivity contribution < 1.29 is 43.0 Å². The summed E-state index contributed by atoms with van der Waals surface area (Å²) in [6.07, 6.45) is 2.49. The molecule has 3 aliphatic heterocycles. The summed E-state index contributed by atoms with van der Waals surface area (Å²) in [5.41, 5.74) is 6.05. The number of carbonyl (C=O) groups excluding carboxylic acids is 7. The maximum atomic E-state index is 14.5. The molecule has 7 amide bonds. The van der Waals surface area contributed by atoms with Gasteiger partial charge in [0, 0.05) is 50.5 Å². The number of hydrogen-bond donors (Lipinski definition) is 6. The zero-order valence-electron chi connectivity index (χ0n) is 42.2. The second-order valence-electron chi connectivity index (χ2n) is 21.9. The molecule has 3 aliphatic rings. The molecule has 380 valence electrons. The van der Waals surface area contributed by atoms with E-state index in [9.17, 15) is 33.6 Å². The Morgan fingerprint density at radius 3 is 1.78 bits per heavy atom. The van der Waals surface area contributed by atoms with E-state index in [-0.39, 0.29) is 60.8 Å². The maximum absolute atomic E-state index is 14.5. The number of carbonyl (C=O) groups is 7. The van der Waals surface area contributed by atoms with Crippen LogP contribution < -0.4 is 32.3 Å². The number of fused-ring (bicyclic) bond motifs is 1. The Kier molecular flexibility index (Phi) is 18.7. The standard InChI is InChI=1S/C52H78N8O9/c1-33(2)26-39(56-44(62)40(28-35-18-12-10-13-19-35)57-45(63)41(29-36-20-14-11-15-21-36)58-49(67)69-51(7,8)9)43(61)55-38(22-16-17-24-54-48(66)68-50(4,5)6)47(65)59-31-52(32-59)23-25-60-42(30-52)34(3)27-37(53)46(60)64/h10-15,18-21,33-34,37-42H,16-17,22-32,53H2,1-9H3,(H,54,66)(H,55,61)(H,56,62)(H,57,63)(H,58,67)/t34?,37-,38-,39-,40-,41-,42?/m1/s1. The van der Waals surface area contributed by atoms with Crippen LogP contribution in [-0.4, -0.2) is 125 Å². The van der Waals surface area contributed by atoms with E-state index >= 15 is 0 Å². The van der Waals surface area contributed by atoms with Gasteiger partial charge in [-0.2, -0.15) is 0 Å². The first-order valence-electron chi connectivity index (χ1n) is 24.7. The van der Waals surface area contributed by atoms with Crippen LogP contribution in [0.25, 0.3) is 0 Å². The Morgan fingerprint density at radius 2 is 1.23 bits per heavy atom. The number of amides is 7. The van der Waals surface area contributed by atoms with E-state index < -0.39 is 71.3 Å². The molecule has 2 aromatic rings. The lowest BCUT2D eigenvalue weighted by molar-refractivity contribution is -0.161. The Balaban J connectivity index is 1.33. The first kappa shape index (κ1) is 54.2. The number of ether oxygens (including phenoxy) is 2. The van der Waals surface area contributed by atoms with Crippen LogP contribution in [0.3, 0.4) is 0 Å². The van der Waals surface area contributed by atoms with Crippen LogP contribution in [0.4, 0.5) is 9.59 Å². The van der Waals surface area contributed by atoms with Gasteiger partial charge in [-0.25, -0.2) is 9.59 Å². The van der Waals surface area contributed by atoms with Gasteiger partial charge in [0.2, 0.25) is 29.5 Å². The summed E-state index contributed by atoms with van der Waals surface area (Å²) < 4.78 is 10.9. The summed E-state index contributed by atoms with van der Waals surface area (Å²) in [6.45, 7) is 18.4. The summed E-state index contributed by atoms with van der Waals surface area (Å²) in [6, 6.07) is 13.6. The van der Waals surface area contributed by atoms with Crippen LogP contribution in [0.2, 0.25) is 0 Å². The molecule has 5 rings (SSSR count). The van der Waals surface area contributed by atoms with Crippen molar-refractivity contribution in [1.82, 2.24) is 36.4 Å². The second-order valence-corrected chi connectivity index (χ2v) is 21.9. The average Bonchev–Trinajstić information content (AvgIpc) is 3.25. The predicted molar refractivity (Wildman–Crippen MR) is 262 cm³/mol. The zero-order valence-corrected chi connectivity index (χ0v) is 42.2. The molecule has 7 atom stereocenters. The number of nitrogens with two attached hydrogens (primary N) is 1. The fourth-order valence-corrected chi connectivity index (χ4v) is 9.58. The van der Waals surface area contributed by atoms with Gasteiger partial charge in [-0.05, 0) is 109 Å². The minimum Gasteiger partial charge on any atom is -0.444 e. The Morgan fingerprint density at radius 1 is 0.725 bits per heavy atom. The van der Waals surface area contributed by atoms with Crippen molar-refractivity contribution in [3.05, 3.63) is 71.8 Å². The highest BCUT2D eigenvalue weighted by molar-refractivity contribution is 5.95. The molecule has 3 fully saturated rings. The summed E-state index contributed by atoms with van der Waals surface area (Å²) in [7, 11) is 0. The van der Waals surface area contributed by atoms with E-state index in [1.54, 1.807) is 46.4 Å². The van der Waals surface area contributed by atoms with Gasteiger partial charge in [0.15, 0.2) is 0 Å². The fourth-order valence-electron chi connectivity index (χ4n) is 9.58. The summed E-state index contributed by atoms with van der Waals surface area (Å²) in [5, 5.41) is 14.2. The molecule has 3 heterocycles. The lowest BCUT2D eigenvalue weighted by Crippen LogP contribution is -2.69. The molecule has 0 aromatic heterocycles. The largest absolute Gasteiger partial charge is 0.444 e. The van der Waals surface area contributed by atoms with Crippen molar-refractivity contribution in [2.75, 3.05) is 26.2 Å². The molecule has 0 saturated carbocycles. The molecule has 17 heteroatoms. The molecular formula is C52H78N8O9. The summed E-state index contributed by atoms with van der Waals surface area (Å²) in [5.74, 6) is -1.86. The monoisotopic (exact) mass is 959 g/mol. The van der Waals surface area contributed by atoms with Gasteiger partial charge in [0.1, 0.15) is 35.4 Å². The normalized spacial score (nSPS) is 20.6. The first-order valence-corrected chi connectivity index (χ1v) is 24.7. The number of piperidine rings is 2. The van der Waals surface area contributed by atoms with E-state index in [1.165, 1.54) is 0 Å². The topological polar surface area (TPSA) is 231 Å². The summed E-state index contributed by atoms with van der Waals surface area (Å²) in [4.78, 5) is 99.7. The molecule has 17 nitrogen and oxygen atoms in total. The molecular weight excluding hydrogens is 881 g/mol. The van der Waals surface area contributed by atoms with Gasteiger partial charge in [-0.3, -0.25) is 24.0 Å². The van der Waals surface area contributed by atoms with E-state index in [1.807, 2.05) is 79.4 Å². The highest BCUT2D eigenvalue weighted by Crippen LogP contribution is 2.46. The van der Waals surface area contributed by atoms with Gasteiger partial charge in [0.25, 0.3) is 0 Å². The molecule has 2 unspecified atom stereocenters. The third-order valence-electron chi connectivity index (χ3n) is 12.9. The predicted octanol–water partition coefficient (Wildman–Crippen LogP) is 4.75. The van der Waals surface area contributed by atoms with E-state index in [2.05, 4.69) is 33.5 Å². The van der Waals surface area contributed by atoms with Gasteiger partial charge < -0.3 is 51.6 Å². The van der Waals surface area contributed by atoms with Crippen LogP contribution in [0, 0.1) is 17.3 Å². The SMILES string of the molecule is CC(C)C[C@@H](NC(=O)[C@@H](Cc1ccccc1)NC(=O)[C@@H](Cc1ccccc1)NC(=O)OC(C)(C)C)C(=O)N[C@H](CCCCNC(=O)OC(C)(C)C)C(=O)N1CC2(CCN3C(=O)[C@H](N)CC(C)C3C2)C1. The number of nitrogens with one attached hydrogen (secondary N) is 5. The number of benzene rings is 2. The maximum Gasteiger partial charge on any atom is 0.408 e. The lowest BCUT2D eigenvalue weighted by atomic mass is 9.66. The van der Waals surface area contributed by atoms with Crippen molar-refractivity contribution in [2.24, 2.45) is 23.0 Å². The third kappa shape index (κ3) is 16.5. The lowest BCUT2D eigenvalue weighted by Gasteiger charge is -2.59. The van der Waals surface area contributed by atoms with Crippen molar-refractivity contribution in [3.63, 3.8) is 0 Å². The van der Waals surface area contributed by atoms with E-state index in [4.69, 9.17) is 15.2 Å². The van der Waals surface area contributed by atoms with Crippen LogP contribution in [-0.2, 0) is 46.3 Å². The highest BCUT2D eigenvalue weighted by atomic mass is 16.6. The van der Waals surface area contributed by atoms with E-state index in [0.717, 1.165) is 24.0 Å². The minimum atomic E-state index is -1.17. The molecule has 1 spiro atoms. The molecule has 2 aromatic carbocycles. The van der Waals surface area contributed by atoms with Gasteiger partial charge in [-0.1, -0.05) is 81.4 Å². The number of rotatable bonds is 19. The zero-order chi connectivity index (χ0) is 50.7. The van der Waals surface area contributed by atoms with Crippen LogP contribution >= 0.6 is 0 Å². The molecule has 69 heavy (non-hydrogen) atoms. The summed E-state index contributed by atoms with van der Waals surface area (Å²) >= 11 is 0. The number of likely N-dealkylation sites (tertiary alicyclic amines) is 1. The van der Waals surface area contributed by atoms with Crippen LogP contribution in [0.1, 0.15) is 118 Å². The van der Waals surface area contributed by atoms with E-state index in [0.29, 0.717) is 45.4 Å². The first-order chi connectivity index (χ1) is 32.4. The number of unbranched alkanes of at least 4 members (excludes halogenated alkanes) is 1. The van der Waals surface area contributed by atoms with Gasteiger partial charge >= 0.3 is 12.2 Å². The van der Waals surface area contributed by atoms with Crippen LogP contribution in [0.5, 0.6) is 0 Å². The number of hydrogen-bond acceptors (Lipinski definition) is 10. The molecule has 3 saturated heterocycles. The second kappa shape index (κ2) is 23.7. The molecule has 7 N–H and O–H groups in total. The molecule has 0 radical (unpaired) electrons. The van der Waals surface area contributed by atoms with Crippen molar-refractivity contribution in [2.45, 2.75) is 168 Å². The Bertz CT molecular complexity index is 2080. The highest BCUT2D eigenvalue weighted by Gasteiger charge is 2.53. The van der Waals surface area contributed by atoms with Crippen LogP contribution in [0.15, 0.2) is 60.7 Å². The third-order valence-corrected chi connectivity index (χ3v) is 12.9.